The van der Waals surface area contributed by atoms with Crippen LogP contribution in [0.5, 0.6) is 0 Å². The Labute approximate surface area is 127 Å². The molecule has 114 valence electrons. The number of carboxylic acid groups (broad SMARTS) is 1. The maximum atomic E-state index is 11.5. The Hall–Kier alpha value is -1.78. The van der Waals surface area contributed by atoms with E-state index in [1.807, 2.05) is 0 Å². The normalized spacial score (nSPS) is 19.4. The lowest BCUT2D eigenvalue weighted by atomic mass is 10.1. The summed E-state index contributed by atoms with van der Waals surface area (Å²) >= 11 is 1.45. The van der Waals surface area contributed by atoms with Crippen molar-refractivity contribution in [1.29, 1.82) is 0 Å². The highest BCUT2D eigenvalue weighted by molar-refractivity contribution is 7.99. The zero-order valence-corrected chi connectivity index (χ0v) is 12.6. The molecule has 1 unspecified atom stereocenters. The number of thioether (sulfide) groups is 1. The average Bonchev–Trinajstić information content (AvgIpc) is 2.45. The highest BCUT2D eigenvalue weighted by Crippen LogP contribution is 2.11. The third kappa shape index (κ3) is 5.25. The van der Waals surface area contributed by atoms with Crippen LogP contribution in [0.2, 0.25) is 0 Å². The molecular weight excluding hydrogens is 292 g/mol. The van der Waals surface area contributed by atoms with Gasteiger partial charge in [0.25, 0.3) is 0 Å². The van der Waals surface area contributed by atoms with Crippen molar-refractivity contribution in [3.8, 4) is 12.3 Å². The lowest BCUT2D eigenvalue weighted by molar-refractivity contribution is -0.138. The minimum Gasteiger partial charge on any atom is -0.480 e. The summed E-state index contributed by atoms with van der Waals surface area (Å²) in [5.41, 5.74) is 0. The Morgan fingerprint density at radius 1 is 1.62 bits per heavy atom. The second-order valence-electron chi connectivity index (χ2n) is 4.51. The van der Waals surface area contributed by atoms with Crippen LogP contribution < -0.4 is 5.32 Å². The van der Waals surface area contributed by atoms with E-state index in [1.165, 1.54) is 17.8 Å². The number of aliphatic carboxylic acids is 1. The lowest BCUT2D eigenvalue weighted by Gasteiger charge is -2.28. The minimum absolute atomic E-state index is 0.208. The summed E-state index contributed by atoms with van der Waals surface area (Å²) < 4.78 is 0. The van der Waals surface area contributed by atoms with Gasteiger partial charge in [-0.3, -0.25) is 19.7 Å². The molecule has 1 rings (SSSR count). The molecule has 1 heterocycles. The summed E-state index contributed by atoms with van der Waals surface area (Å²) in [7, 11) is 0. The Kier molecular flexibility index (Phi) is 6.99. The number of carbonyl (C=O) groups excluding carboxylic acids is 2. The van der Waals surface area contributed by atoms with Gasteiger partial charge < -0.3 is 10.0 Å². The number of ketones is 2. The number of rotatable bonds is 8. The highest BCUT2D eigenvalue weighted by atomic mass is 32.2. The van der Waals surface area contributed by atoms with Gasteiger partial charge in [-0.2, -0.15) is 11.8 Å². The van der Waals surface area contributed by atoms with Crippen molar-refractivity contribution in [3.63, 3.8) is 0 Å². The van der Waals surface area contributed by atoms with E-state index in [4.69, 9.17) is 11.5 Å². The van der Waals surface area contributed by atoms with Crippen LogP contribution in [0.25, 0.3) is 0 Å². The number of allylic oxidation sites excluding steroid dienone is 1. The van der Waals surface area contributed by atoms with Crippen LogP contribution in [-0.4, -0.2) is 64.2 Å². The zero-order chi connectivity index (χ0) is 15.8. The monoisotopic (exact) mass is 310 g/mol. The molecule has 0 aliphatic carbocycles. The van der Waals surface area contributed by atoms with Crippen LogP contribution in [-0.2, 0) is 14.4 Å². The summed E-state index contributed by atoms with van der Waals surface area (Å²) in [4.78, 5) is 35.5. The number of nitrogens with zero attached hydrogens (tertiary/aromatic N) is 1. The molecule has 0 aromatic carbocycles. The first-order chi connectivity index (χ1) is 9.97. The van der Waals surface area contributed by atoms with Crippen molar-refractivity contribution >= 4 is 29.3 Å². The highest BCUT2D eigenvalue weighted by Gasteiger charge is 2.27. The maximum absolute atomic E-state index is 11.5. The maximum Gasteiger partial charge on any atom is 0.321 e. The molecule has 0 radical (unpaired) electrons. The van der Waals surface area contributed by atoms with Crippen molar-refractivity contribution in [2.45, 2.75) is 19.0 Å². The largest absolute Gasteiger partial charge is 0.480 e. The lowest BCUT2D eigenvalue weighted by Crippen LogP contribution is -2.43. The SMILES string of the molecule is C#CCN[C@H](CSCCN1C=CC(=O)C(=O)C1C)C(=O)O. The number of carboxylic acids is 1. The molecule has 0 amide bonds. The quantitative estimate of drug-likeness (QED) is 0.363. The predicted octanol–water partition coefficient (Wildman–Crippen LogP) is -0.248. The third-order valence-electron chi connectivity index (χ3n) is 3.06. The van der Waals surface area contributed by atoms with E-state index in [-0.39, 0.29) is 6.54 Å². The van der Waals surface area contributed by atoms with E-state index in [2.05, 4.69) is 11.2 Å². The molecule has 1 aliphatic heterocycles. The van der Waals surface area contributed by atoms with Crippen LogP contribution in [0, 0.1) is 12.3 Å². The van der Waals surface area contributed by atoms with E-state index in [9.17, 15) is 14.4 Å². The Morgan fingerprint density at radius 2 is 2.33 bits per heavy atom. The summed E-state index contributed by atoms with van der Waals surface area (Å²) in [6, 6.07) is -1.15. The van der Waals surface area contributed by atoms with E-state index < -0.39 is 29.6 Å². The molecule has 0 aromatic rings. The van der Waals surface area contributed by atoms with Crippen molar-refractivity contribution in [3.05, 3.63) is 12.3 Å². The van der Waals surface area contributed by atoms with Crippen molar-refractivity contribution in [1.82, 2.24) is 10.2 Å². The molecular formula is C14H18N2O4S. The van der Waals surface area contributed by atoms with Crippen LogP contribution in [0.15, 0.2) is 12.3 Å². The topological polar surface area (TPSA) is 86.7 Å². The van der Waals surface area contributed by atoms with E-state index in [1.54, 1.807) is 18.0 Å². The fourth-order valence-electron chi connectivity index (χ4n) is 1.77. The first-order valence-electron chi connectivity index (χ1n) is 6.47. The number of hydrogen-bond acceptors (Lipinski definition) is 6. The van der Waals surface area contributed by atoms with Crippen molar-refractivity contribution < 1.29 is 19.5 Å². The molecule has 0 spiro atoms. The fraction of sp³-hybridized carbons (Fsp3) is 0.500. The number of terminal acetylenes is 1. The third-order valence-corrected chi connectivity index (χ3v) is 4.10. The Balaban J connectivity index is 2.35. The molecule has 0 saturated heterocycles. The molecule has 7 heteroatoms. The van der Waals surface area contributed by atoms with E-state index >= 15 is 0 Å². The molecule has 2 atom stereocenters. The molecule has 0 fully saturated rings. The van der Waals surface area contributed by atoms with Crippen LogP contribution in [0.3, 0.4) is 0 Å². The standard InChI is InChI=1S/C14H18N2O4S/c1-3-5-15-11(14(19)20)9-21-8-7-16-6-4-12(17)13(18)10(16)2/h1,4,6,10-11,15H,5,7-9H2,2H3,(H,19,20)/t10?,11-/m1/s1. The first kappa shape index (κ1) is 17.3. The molecule has 21 heavy (non-hydrogen) atoms. The van der Waals surface area contributed by atoms with E-state index in [0.29, 0.717) is 18.1 Å². The second-order valence-corrected chi connectivity index (χ2v) is 5.66. The van der Waals surface area contributed by atoms with Gasteiger partial charge in [0.2, 0.25) is 11.6 Å². The number of nitrogens with one attached hydrogen (secondary N) is 1. The fourth-order valence-corrected chi connectivity index (χ4v) is 2.77. The van der Waals surface area contributed by atoms with E-state index in [0.717, 1.165) is 0 Å². The van der Waals surface area contributed by atoms with Gasteiger partial charge in [-0.1, -0.05) is 5.92 Å². The molecule has 6 nitrogen and oxygen atoms in total. The summed E-state index contributed by atoms with van der Waals surface area (Å²) in [5.74, 6) is 1.54. The van der Waals surface area contributed by atoms with Crippen molar-refractivity contribution in [2.75, 3.05) is 24.6 Å². The smallest absolute Gasteiger partial charge is 0.321 e. The molecule has 1 aliphatic rings. The van der Waals surface area contributed by atoms with Gasteiger partial charge in [-0.05, 0) is 6.92 Å². The summed E-state index contributed by atoms with van der Waals surface area (Å²) in [6.45, 7) is 2.46. The van der Waals surface area contributed by atoms with Crippen molar-refractivity contribution in [2.24, 2.45) is 0 Å². The molecule has 2 N–H and O–H groups in total. The van der Waals surface area contributed by atoms with Gasteiger partial charge in [0.1, 0.15) is 6.04 Å². The van der Waals surface area contributed by atoms with Gasteiger partial charge in [0, 0.05) is 30.3 Å². The summed E-state index contributed by atoms with van der Waals surface area (Å²) in [5, 5.41) is 11.8. The average molecular weight is 310 g/mol. The Morgan fingerprint density at radius 3 is 2.95 bits per heavy atom. The molecule has 0 aromatic heterocycles. The number of hydrogen-bond donors (Lipinski definition) is 2. The van der Waals surface area contributed by atoms with Gasteiger partial charge in [-0.25, -0.2) is 0 Å². The number of carbonyl (C=O) groups is 3. The van der Waals surface area contributed by atoms with Crippen LogP contribution in [0.4, 0.5) is 0 Å². The number of Topliss-reactive ketones (excluding diaryl/α,β-unsaturated/α-hetero) is 1. The van der Waals surface area contributed by atoms with Crippen LogP contribution in [0.1, 0.15) is 6.92 Å². The van der Waals surface area contributed by atoms with Crippen LogP contribution >= 0.6 is 11.8 Å². The molecule has 0 bridgehead atoms. The van der Waals surface area contributed by atoms with Gasteiger partial charge >= 0.3 is 5.97 Å². The summed E-state index contributed by atoms with van der Waals surface area (Å²) in [6.07, 6.45) is 7.96. The zero-order valence-electron chi connectivity index (χ0n) is 11.7. The van der Waals surface area contributed by atoms with Gasteiger partial charge in [0.05, 0.1) is 12.6 Å². The van der Waals surface area contributed by atoms with Gasteiger partial charge in [-0.15, -0.1) is 6.42 Å². The Bertz CT molecular complexity index is 484. The van der Waals surface area contributed by atoms with Gasteiger partial charge in [0.15, 0.2) is 0 Å². The molecule has 0 saturated carbocycles. The second kappa shape index (κ2) is 8.49. The minimum atomic E-state index is -0.940. The first-order valence-corrected chi connectivity index (χ1v) is 7.62. The predicted molar refractivity (Wildman–Crippen MR) is 80.9 cm³/mol.